The number of hydrogen-bond donors (Lipinski definition) is 2. The van der Waals surface area contributed by atoms with Gasteiger partial charge in [-0.25, -0.2) is 0 Å². The third kappa shape index (κ3) is 10.2. The normalized spacial score (nSPS) is 11.4. The first-order chi connectivity index (χ1) is 6.79. The summed E-state index contributed by atoms with van der Waals surface area (Å²) in [6.45, 7) is 2.95. The number of rotatable bonds is 6. The van der Waals surface area contributed by atoms with Crippen LogP contribution in [0.5, 0.6) is 0 Å². The molecule has 0 aromatic rings. The van der Waals surface area contributed by atoms with E-state index < -0.39 is 33.7 Å². The van der Waals surface area contributed by atoms with Gasteiger partial charge in [0.25, 0.3) is 10.1 Å². The minimum atomic E-state index is -4.78. The van der Waals surface area contributed by atoms with Crippen LogP contribution < -0.4 is 0 Å². The molecule has 0 bridgehead atoms. The third-order valence-corrected chi connectivity index (χ3v) is 2.40. The molecule has 1 atom stereocenters. The van der Waals surface area contributed by atoms with Gasteiger partial charge in [-0.3, -0.25) is 14.1 Å². The van der Waals surface area contributed by atoms with Gasteiger partial charge in [0.1, 0.15) is 6.61 Å². The Balaban J connectivity index is -0.000000980. The number of carboxylic acid groups (broad SMARTS) is 1. The van der Waals surface area contributed by atoms with E-state index in [1.165, 1.54) is 6.08 Å². The van der Waals surface area contributed by atoms with Crippen LogP contribution in [0.4, 0.5) is 0 Å². The van der Waals surface area contributed by atoms with Gasteiger partial charge in [0.2, 0.25) is 0 Å². The number of hydrogen-bond acceptors (Lipinski definition) is 5. The van der Waals surface area contributed by atoms with Crippen molar-refractivity contribution in [3.8, 4) is 0 Å². The zero-order valence-electron chi connectivity index (χ0n) is 7.62. The van der Waals surface area contributed by atoms with Gasteiger partial charge in [0, 0.05) is 0 Å². The first-order valence-corrected chi connectivity index (χ1v) is 5.25. The van der Waals surface area contributed by atoms with Crippen molar-refractivity contribution in [1.29, 1.82) is 0 Å². The summed E-state index contributed by atoms with van der Waals surface area (Å²) < 4.78 is 34.2. The first kappa shape index (κ1) is 22.7. The Bertz CT molecular complexity index is 364. The standard InChI is InChI=1S/C7H10O7S.2Na.2H/c1-2-3-14-7(10)5(4-6(8)9)15(11,12)13;;;;/h2,5H,1,3-4H2,(H,8,9)(H,11,12,13);;;;. The van der Waals surface area contributed by atoms with Crippen LogP contribution in [0.2, 0.25) is 0 Å². The van der Waals surface area contributed by atoms with E-state index in [1.807, 2.05) is 0 Å². The fourth-order valence-electron chi connectivity index (χ4n) is 0.703. The molecule has 0 aliphatic heterocycles. The molecule has 0 radical (unpaired) electrons. The molecule has 0 aromatic heterocycles. The Morgan fingerprint density at radius 2 is 1.82 bits per heavy atom. The summed E-state index contributed by atoms with van der Waals surface area (Å²) in [6.07, 6.45) is 0.133. The summed E-state index contributed by atoms with van der Waals surface area (Å²) >= 11 is 0. The minimum absolute atomic E-state index is 0. The van der Waals surface area contributed by atoms with E-state index in [2.05, 4.69) is 11.3 Å². The maximum absolute atomic E-state index is 11.0. The van der Waals surface area contributed by atoms with Crippen molar-refractivity contribution in [2.45, 2.75) is 11.7 Å². The van der Waals surface area contributed by atoms with Crippen LogP contribution in [-0.4, -0.2) is 101 Å². The van der Waals surface area contributed by atoms with Gasteiger partial charge in [0.15, 0.2) is 5.25 Å². The van der Waals surface area contributed by atoms with Crippen molar-refractivity contribution >= 4 is 81.2 Å². The van der Waals surface area contributed by atoms with E-state index in [0.717, 1.165) is 0 Å². The van der Waals surface area contributed by atoms with Crippen LogP contribution in [0.1, 0.15) is 6.42 Å². The topological polar surface area (TPSA) is 118 Å². The number of carboxylic acids is 1. The van der Waals surface area contributed by atoms with E-state index in [-0.39, 0.29) is 65.7 Å². The van der Waals surface area contributed by atoms with Crippen molar-refractivity contribution in [3.05, 3.63) is 12.7 Å². The SMILES string of the molecule is C=CCOC(=O)C(CC(=O)O)S(=O)(=O)O.[NaH].[NaH]. The molecule has 0 saturated heterocycles. The van der Waals surface area contributed by atoms with Gasteiger partial charge < -0.3 is 9.84 Å². The van der Waals surface area contributed by atoms with Crippen molar-refractivity contribution in [2.24, 2.45) is 0 Å². The molecule has 0 saturated carbocycles. The predicted molar refractivity (Wildman–Crippen MR) is 63.0 cm³/mol. The molecule has 0 rings (SSSR count). The fraction of sp³-hybridized carbons (Fsp3) is 0.429. The molecule has 0 aromatic carbocycles. The molecule has 7 nitrogen and oxygen atoms in total. The van der Waals surface area contributed by atoms with Crippen LogP contribution >= 0.6 is 0 Å². The second-order valence-corrected chi connectivity index (χ2v) is 4.12. The van der Waals surface area contributed by atoms with E-state index in [4.69, 9.17) is 9.66 Å². The van der Waals surface area contributed by atoms with E-state index >= 15 is 0 Å². The Labute approximate surface area is 143 Å². The summed E-state index contributed by atoms with van der Waals surface area (Å²) in [5.74, 6) is -2.85. The van der Waals surface area contributed by atoms with Gasteiger partial charge in [-0.05, 0) is 0 Å². The quantitative estimate of drug-likeness (QED) is 0.255. The average molecular weight is 286 g/mol. The Morgan fingerprint density at radius 1 is 1.35 bits per heavy atom. The monoisotopic (exact) mass is 286 g/mol. The van der Waals surface area contributed by atoms with Crippen LogP contribution in [-0.2, 0) is 24.4 Å². The van der Waals surface area contributed by atoms with Gasteiger partial charge in [-0.15, -0.1) is 0 Å². The molecule has 0 heterocycles. The molecule has 17 heavy (non-hydrogen) atoms. The first-order valence-electron chi connectivity index (χ1n) is 3.74. The van der Waals surface area contributed by atoms with Gasteiger partial charge in [0.05, 0.1) is 6.42 Å². The molecule has 1 unspecified atom stereocenters. The number of aliphatic carboxylic acids is 1. The molecule has 0 fully saturated rings. The van der Waals surface area contributed by atoms with Crippen molar-refractivity contribution < 1.29 is 32.4 Å². The van der Waals surface area contributed by atoms with Crippen LogP contribution in [0.25, 0.3) is 0 Å². The molecule has 2 N–H and O–H groups in total. The van der Waals surface area contributed by atoms with Crippen LogP contribution in [0.15, 0.2) is 12.7 Å². The molecule has 0 amide bonds. The van der Waals surface area contributed by atoms with E-state index in [9.17, 15) is 18.0 Å². The maximum atomic E-state index is 11.0. The number of carbonyl (C=O) groups excluding carboxylic acids is 1. The Hall–Kier alpha value is 0.590. The Morgan fingerprint density at radius 3 is 2.12 bits per heavy atom. The summed E-state index contributed by atoms with van der Waals surface area (Å²) in [7, 11) is -4.78. The van der Waals surface area contributed by atoms with Gasteiger partial charge in [-0.2, -0.15) is 8.42 Å². The fourth-order valence-corrected chi connectivity index (χ4v) is 1.37. The molecule has 0 aliphatic rings. The summed E-state index contributed by atoms with van der Waals surface area (Å²) in [5.41, 5.74) is 0. The van der Waals surface area contributed by atoms with Gasteiger partial charge in [-0.1, -0.05) is 12.7 Å². The molecule has 0 aliphatic carbocycles. The van der Waals surface area contributed by atoms with Crippen molar-refractivity contribution in [1.82, 2.24) is 0 Å². The van der Waals surface area contributed by atoms with Crippen molar-refractivity contribution in [3.63, 3.8) is 0 Å². The molecule has 90 valence electrons. The zero-order valence-corrected chi connectivity index (χ0v) is 8.44. The number of ether oxygens (including phenoxy) is 1. The van der Waals surface area contributed by atoms with Crippen LogP contribution in [0.3, 0.4) is 0 Å². The van der Waals surface area contributed by atoms with E-state index in [1.54, 1.807) is 0 Å². The third-order valence-electron chi connectivity index (χ3n) is 1.33. The average Bonchev–Trinajstić information content (AvgIpc) is 2.08. The summed E-state index contributed by atoms with van der Waals surface area (Å²) in [6, 6.07) is 0. The number of esters is 1. The predicted octanol–water partition coefficient (Wildman–Crippen LogP) is -1.85. The van der Waals surface area contributed by atoms with E-state index in [0.29, 0.717) is 0 Å². The summed E-state index contributed by atoms with van der Waals surface area (Å²) in [4.78, 5) is 21.2. The molecule has 10 heteroatoms. The molecule has 0 spiro atoms. The number of carbonyl (C=O) groups is 2. The van der Waals surface area contributed by atoms with Crippen LogP contribution in [0, 0.1) is 0 Å². The van der Waals surface area contributed by atoms with Gasteiger partial charge >= 0.3 is 71.1 Å². The molecular formula is C7H12Na2O7S. The second-order valence-electron chi connectivity index (χ2n) is 2.52. The van der Waals surface area contributed by atoms with Crippen molar-refractivity contribution in [2.75, 3.05) is 6.61 Å². The zero-order chi connectivity index (χ0) is 12.1. The molecular weight excluding hydrogens is 274 g/mol. The Kier molecular flexibility index (Phi) is 14.1. The second kappa shape index (κ2) is 10.5. The summed E-state index contributed by atoms with van der Waals surface area (Å²) in [5, 5.41) is 6.22.